The second kappa shape index (κ2) is 4.53. The molecule has 0 N–H and O–H groups in total. The highest BCUT2D eigenvalue weighted by Gasteiger charge is 2.15. The van der Waals surface area contributed by atoms with Crippen molar-refractivity contribution in [3.05, 3.63) is 52.4 Å². The van der Waals surface area contributed by atoms with E-state index >= 15 is 0 Å². The highest BCUT2D eigenvalue weighted by molar-refractivity contribution is 9.10. The first-order valence-electron chi connectivity index (χ1n) is 4.64. The van der Waals surface area contributed by atoms with Crippen molar-refractivity contribution in [2.24, 2.45) is 0 Å². The van der Waals surface area contributed by atoms with Crippen molar-refractivity contribution < 1.29 is 13.9 Å². The SMILES string of the molecule is COc1ccc(C(=O)c2ccco2)c(Br)c1. The number of rotatable bonds is 3. The minimum absolute atomic E-state index is 0.153. The van der Waals surface area contributed by atoms with Crippen molar-refractivity contribution in [3.8, 4) is 5.75 Å². The molecular formula is C12H9BrO3. The monoisotopic (exact) mass is 280 g/mol. The van der Waals surface area contributed by atoms with Gasteiger partial charge in [0.15, 0.2) is 5.76 Å². The van der Waals surface area contributed by atoms with Crippen molar-refractivity contribution in [2.75, 3.05) is 7.11 Å². The van der Waals surface area contributed by atoms with Crippen LogP contribution >= 0.6 is 15.9 Å². The van der Waals surface area contributed by atoms with E-state index in [0.717, 1.165) is 0 Å². The summed E-state index contributed by atoms with van der Waals surface area (Å²) in [4.78, 5) is 12.0. The molecule has 0 aliphatic carbocycles. The van der Waals surface area contributed by atoms with Crippen molar-refractivity contribution in [2.45, 2.75) is 0 Å². The number of carbonyl (C=O) groups is 1. The molecule has 0 atom stereocenters. The van der Waals surface area contributed by atoms with Crippen LogP contribution in [0.25, 0.3) is 0 Å². The van der Waals surface area contributed by atoms with Crippen LogP contribution < -0.4 is 4.74 Å². The van der Waals surface area contributed by atoms with Gasteiger partial charge in [0, 0.05) is 10.0 Å². The molecule has 3 nitrogen and oxygen atoms in total. The Morgan fingerprint density at radius 3 is 2.75 bits per heavy atom. The van der Waals surface area contributed by atoms with Crippen LogP contribution in [-0.4, -0.2) is 12.9 Å². The molecular weight excluding hydrogens is 272 g/mol. The molecule has 1 aromatic heterocycles. The molecule has 2 aromatic rings. The Bertz CT molecular complexity index is 503. The summed E-state index contributed by atoms with van der Waals surface area (Å²) in [7, 11) is 1.58. The molecule has 4 heteroatoms. The standard InChI is InChI=1S/C12H9BrO3/c1-15-8-4-5-9(10(13)7-8)12(14)11-3-2-6-16-11/h2-7H,1H3. The quantitative estimate of drug-likeness (QED) is 0.810. The van der Waals surface area contributed by atoms with E-state index in [2.05, 4.69) is 15.9 Å². The summed E-state index contributed by atoms with van der Waals surface area (Å²) < 4.78 is 10.8. The van der Waals surface area contributed by atoms with Gasteiger partial charge in [-0.3, -0.25) is 4.79 Å². The minimum Gasteiger partial charge on any atom is -0.497 e. The lowest BCUT2D eigenvalue weighted by Gasteiger charge is -2.04. The molecule has 1 aromatic carbocycles. The van der Waals surface area contributed by atoms with Gasteiger partial charge < -0.3 is 9.15 Å². The third-order valence-corrected chi connectivity index (χ3v) is 2.82. The zero-order valence-electron chi connectivity index (χ0n) is 8.57. The molecule has 0 spiro atoms. The van der Waals surface area contributed by atoms with E-state index < -0.39 is 0 Å². The Morgan fingerprint density at radius 2 is 2.19 bits per heavy atom. The highest BCUT2D eigenvalue weighted by atomic mass is 79.9. The number of benzene rings is 1. The molecule has 1 heterocycles. The average Bonchev–Trinajstić information content (AvgIpc) is 2.81. The molecule has 0 saturated heterocycles. The molecule has 0 radical (unpaired) electrons. The molecule has 0 amide bonds. The van der Waals surface area contributed by atoms with Gasteiger partial charge in [-0.2, -0.15) is 0 Å². The van der Waals surface area contributed by atoms with Gasteiger partial charge in [-0.05, 0) is 46.3 Å². The summed E-state index contributed by atoms with van der Waals surface area (Å²) >= 11 is 3.33. The molecule has 2 rings (SSSR count). The maximum absolute atomic E-state index is 12.0. The molecule has 0 aliphatic heterocycles. The first kappa shape index (κ1) is 11.0. The van der Waals surface area contributed by atoms with Gasteiger partial charge in [0.05, 0.1) is 13.4 Å². The van der Waals surface area contributed by atoms with Crippen molar-refractivity contribution in [1.29, 1.82) is 0 Å². The number of ketones is 1. The molecule has 0 fully saturated rings. The lowest BCUT2D eigenvalue weighted by Crippen LogP contribution is -2.00. The van der Waals surface area contributed by atoms with Crippen LogP contribution in [0, 0.1) is 0 Å². The van der Waals surface area contributed by atoms with Gasteiger partial charge in [0.25, 0.3) is 0 Å². The van der Waals surface area contributed by atoms with E-state index in [1.54, 1.807) is 37.4 Å². The Hall–Kier alpha value is -1.55. The summed E-state index contributed by atoms with van der Waals surface area (Å²) in [5, 5.41) is 0. The third kappa shape index (κ3) is 2.02. The zero-order valence-corrected chi connectivity index (χ0v) is 10.2. The Labute approximate surface area is 101 Å². The Morgan fingerprint density at radius 1 is 1.38 bits per heavy atom. The van der Waals surface area contributed by atoms with Crippen LogP contribution in [0.1, 0.15) is 16.1 Å². The van der Waals surface area contributed by atoms with Gasteiger partial charge in [-0.1, -0.05) is 0 Å². The fourth-order valence-electron chi connectivity index (χ4n) is 1.35. The lowest BCUT2D eigenvalue weighted by atomic mass is 10.1. The number of hydrogen-bond donors (Lipinski definition) is 0. The van der Waals surface area contributed by atoms with E-state index in [4.69, 9.17) is 9.15 Å². The third-order valence-electron chi connectivity index (χ3n) is 2.17. The fraction of sp³-hybridized carbons (Fsp3) is 0.0833. The number of ether oxygens (including phenoxy) is 1. The normalized spacial score (nSPS) is 10.1. The van der Waals surface area contributed by atoms with Crippen molar-refractivity contribution in [3.63, 3.8) is 0 Å². The summed E-state index contributed by atoms with van der Waals surface area (Å²) in [5.74, 6) is 0.869. The van der Waals surface area contributed by atoms with Gasteiger partial charge in [-0.25, -0.2) is 0 Å². The largest absolute Gasteiger partial charge is 0.497 e. The van der Waals surface area contributed by atoms with Crippen molar-refractivity contribution >= 4 is 21.7 Å². The average molecular weight is 281 g/mol. The number of hydrogen-bond acceptors (Lipinski definition) is 3. The van der Waals surface area contributed by atoms with Crippen LogP contribution in [0.2, 0.25) is 0 Å². The van der Waals surface area contributed by atoms with E-state index in [-0.39, 0.29) is 5.78 Å². The first-order valence-corrected chi connectivity index (χ1v) is 5.43. The Balaban J connectivity index is 2.38. The van der Waals surface area contributed by atoms with Gasteiger partial charge >= 0.3 is 0 Å². The number of carbonyl (C=O) groups excluding carboxylic acids is 1. The van der Waals surface area contributed by atoms with Gasteiger partial charge in [-0.15, -0.1) is 0 Å². The summed E-state index contributed by atoms with van der Waals surface area (Å²) in [6, 6.07) is 8.51. The van der Waals surface area contributed by atoms with E-state index in [1.807, 2.05) is 0 Å². The predicted octanol–water partition coefficient (Wildman–Crippen LogP) is 3.28. The number of furan rings is 1. The smallest absolute Gasteiger partial charge is 0.229 e. The first-order chi connectivity index (χ1) is 7.72. The van der Waals surface area contributed by atoms with Crippen LogP contribution in [0.15, 0.2) is 45.5 Å². The maximum atomic E-state index is 12.0. The van der Waals surface area contributed by atoms with Crippen molar-refractivity contribution in [1.82, 2.24) is 0 Å². The fourth-order valence-corrected chi connectivity index (χ4v) is 1.89. The maximum Gasteiger partial charge on any atom is 0.229 e. The minimum atomic E-state index is -0.153. The second-order valence-electron chi connectivity index (χ2n) is 3.15. The van der Waals surface area contributed by atoms with Crippen LogP contribution in [-0.2, 0) is 0 Å². The Kier molecular flexibility index (Phi) is 3.10. The number of methoxy groups -OCH3 is 1. The summed E-state index contributed by atoms with van der Waals surface area (Å²) in [6.07, 6.45) is 1.48. The van der Waals surface area contributed by atoms with Crippen LogP contribution in [0.5, 0.6) is 5.75 Å². The molecule has 16 heavy (non-hydrogen) atoms. The number of halogens is 1. The molecule has 0 bridgehead atoms. The second-order valence-corrected chi connectivity index (χ2v) is 4.01. The van der Waals surface area contributed by atoms with Gasteiger partial charge in [0.1, 0.15) is 5.75 Å². The van der Waals surface area contributed by atoms with Crippen LogP contribution in [0.4, 0.5) is 0 Å². The molecule has 82 valence electrons. The lowest BCUT2D eigenvalue weighted by molar-refractivity contribution is 0.101. The zero-order chi connectivity index (χ0) is 11.5. The topological polar surface area (TPSA) is 39.4 Å². The van der Waals surface area contributed by atoms with E-state index in [1.165, 1.54) is 6.26 Å². The molecule has 0 aliphatic rings. The van der Waals surface area contributed by atoms with E-state index in [9.17, 15) is 4.79 Å². The van der Waals surface area contributed by atoms with E-state index in [0.29, 0.717) is 21.5 Å². The predicted molar refractivity (Wildman–Crippen MR) is 62.8 cm³/mol. The summed E-state index contributed by atoms with van der Waals surface area (Å²) in [5.41, 5.74) is 0.552. The van der Waals surface area contributed by atoms with Crippen LogP contribution in [0.3, 0.4) is 0 Å². The molecule has 0 saturated carbocycles. The highest BCUT2D eigenvalue weighted by Crippen LogP contribution is 2.25. The molecule has 0 unspecified atom stereocenters. The van der Waals surface area contributed by atoms with Gasteiger partial charge in [0.2, 0.25) is 5.78 Å². The summed E-state index contributed by atoms with van der Waals surface area (Å²) in [6.45, 7) is 0.